The van der Waals surface area contributed by atoms with Crippen LogP contribution >= 0.6 is 11.3 Å². The summed E-state index contributed by atoms with van der Waals surface area (Å²) in [4.78, 5) is 10.4. The van der Waals surface area contributed by atoms with E-state index in [4.69, 9.17) is 0 Å². The molecule has 1 heterocycles. The van der Waals surface area contributed by atoms with Crippen LogP contribution in [-0.4, -0.2) is 22.2 Å². The molecule has 2 rings (SSSR count). The molecule has 0 saturated heterocycles. The highest BCUT2D eigenvalue weighted by Gasteiger charge is 2.21. The van der Waals surface area contributed by atoms with Crippen molar-refractivity contribution in [3.63, 3.8) is 0 Å². The van der Waals surface area contributed by atoms with Gasteiger partial charge >= 0.3 is 0 Å². The van der Waals surface area contributed by atoms with Crippen molar-refractivity contribution in [2.45, 2.75) is 19.4 Å². The Labute approximate surface area is 118 Å². The number of nitro groups is 1. The zero-order chi connectivity index (χ0) is 14.7. The summed E-state index contributed by atoms with van der Waals surface area (Å²) in [5, 5.41) is 23.1. The molecular formula is C12H13FN4O2S. The predicted molar refractivity (Wildman–Crippen MR) is 74.0 cm³/mol. The van der Waals surface area contributed by atoms with Gasteiger partial charge in [-0.1, -0.05) is 18.3 Å². The molecule has 8 heteroatoms. The molecule has 0 aliphatic rings. The molecule has 0 aliphatic carbocycles. The minimum Gasteiger partial charge on any atom is -0.311 e. The monoisotopic (exact) mass is 296 g/mol. The number of benzene rings is 1. The highest BCUT2D eigenvalue weighted by Crippen LogP contribution is 2.34. The summed E-state index contributed by atoms with van der Waals surface area (Å²) in [7, 11) is 1.81. The smallest absolute Gasteiger partial charge is 0.279 e. The Morgan fingerprint density at radius 1 is 1.50 bits per heavy atom. The van der Waals surface area contributed by atoms with Crippen molar-refractivity contribution >= 4 is 17.0 Å². The van der Waals surface area contributed by atoms with E-state index in [0.717, 1.165) is 29.6 Å². The van der Waals surface area contributed by atoms with Crippen molar-refractivity contribution in [1.82, 2.24) is 15.5 Å². The molecular weight excluding hydrogens is 283 g/mol. The van der Waals surface area contributed by atoms with Crippen molar-refractivity contribution in [3.05, 3.63) is 39.1 Å². The summed E-state index contributed by atoms with van der Waals surface area (Å²) in [6.07, 6.45) is 0.816. The lowest BCUT2D eigenvalue weighted by molar-refractivity contribution is -0.384. The number of rotatable bonds is 5. The van der Waals surface area contributed by atoms with Crippen LogP contribution in [0.5, 0.6) is 0 Å². The largest absolute Gasteiger partial charge is 0.311 e. The number of halogens is 1. The number of aromatic nitrogens is 2. The van der Waals surface area contributed by atoms with E-state index >= 15 is 0 Å². The van der Waals surface area contributed by atoms with Gasteiger partial charge in [0.05, 0.1) is 16.5 Å². The van der Waals surface area contributed by atoms with E-state index in [1.807, 2.05) is 6.92 Å². The Hall–Kier alpha value is -1.93. The van der Waals surface area contributed by atoms with Crippen LogP contribution < -0.4 is 5.32 Å². The number of nitro benzene ring substituents is 1. The highest BCUT2D eigenvalue weighted by atomic mass is 32.1. The van der Waals surface area contributed by atoms with Gasteiger partial charge in [-0.2, -0.15) is 0 Å². The molecule has 0 saturated carbocycles. The topological polar surface area (TPSA) is 81.0 Å². The highest BCUT2D eigenvalue weighted by molar-refractivity contribution is 7.14. The van der Waals surface area contributed by atoms with Gasteiger partial charge in [-0.15, -0.1) is 10.2 Å². The van der Waals surface area contributed by atoms with Crippen LogP contribution in [0.15, 0.2) is 18.2 Å². The van der Waals surface area contributed by atoms with Gasteiger partial charge in [0.15, 0.2) is 5.01 Å². The lowest BCUT2D eigenvalue weighted by Crippen LogP contribution is -2.14. The summed E-state index contributed by atoms with van der Waals surface area (Å²) in [5.74, 6) is -0.539. The van der Waals surface area contributed by atoms with Gasteiger partial charge in [0.2, 0.25) is 0 Å². The fourth-order valence-corrected chi connectivity index (χ4v) is 2.89. The maximum Gasteiger partial charge on any atom is 0.279 e. The molecule has 6 nitrogen and oxygen atoms in total. The Kier molecular flexibility index (Phi) is 4.35. The van der Waals surface area contributed by atoms with Gasteiger partial charge in [-0.3, -0.25) is 10.1 Å². The first-order valence-electron chi connectivity index (χ1n) is 6.01. The van der Waals surface area contributed by atoms with Crippen molar-refractivity contribution in [2.75, 3.05) is 7.05 Å². The van der Waals surface area contributed by atoms with Gasteiger partial charge in [0.1, 0.15) is 10.8 Å². The third-order valence-electron chi connectivity index (χ3n) is 2.88. The van der Waals surface area contributed by atoms with Crippen molar-refractivity contribution < 1.29 is 9.31 Å². The zero-order valence-corrected chi connectivity index (χ0v) is 11.8. The molecule has 0 radical (unpaired) electrons. The van der Waals surface area contributed by atoms with E-state index in [1.54, 1.807) is 7.05 Å². The summed E-state index contributed by atoms with van der Waals surface area (Å²) < 4.78 is 13.3. The number of hydrogen-bond donors (Lipinski definition) is 1. The molecule has 0 aliphatic heterocycles. The SMILES string of the molecule is CCC(NC)c1nnc(-c2cc(F)ccc2[N+](=O)[O-])s1. The molecule has 1 aromatic heterocycles. The molecule has 1 atom stereocenters. The first kappa shape index (κ1) is 14.5. The normalized spacial score (nSPS) is 12.3. The van der Waals surface area contributed by atoms with Crippen LogP contribution in [0.4, 0.5) is 10.1 Å². The molecule has 0 amide bonds. The molecule has 1 aromatic carbocycles. The zero-order valence-electron chi connectivity index (χ0n) is 11.0. The quantitative estimate of drug-likeness (QED) is 0.677. The summed E-state index contributed by atoms with van der Waals surface area (Å²) >= 11 is 1.23. The average Bonchev–Trinajstić information content (AvgIpc) is 2.89. The van der Waals surface area contributed by atoms with Crippen molar-refractivity contribution in [2.24, 2.45) is 0 Å². The lowest BCUT2D eigenvalue weighted by atomic mass is 10.2. The Morgan fingerprint density at radius 2 is 2.25 bits per heavy atom. The Balaban J connectivity index is 2.46. The van der Waals surface area contributed by atoms with Crippen LogP contribution in [0, 0.1) is 15.9 Å². The summed E-state index contributed by atoms with van der Waals surface area (Å²) in [6.45, 7) is 1.99. The second-order valence-electron chi connectivity index (χ2n) is 4.11. The molecule has 1 N–H and O–H groups in total. The average molecular weight is 296 g/mol. The van der Waals surface area contributed by atoms with Gasteiger partial charge < -0.3 is 5.32 Å². The number of nitrogens with one attached hydrogen (secondary N) is 1. The van der Waals surface area contributed by atoms with Crippen molar-refractivity contribution in [1.29, 1.82) is 0 Å². The molecule has 1 unspecified atom stereocenters. The van der Waals surface area contributed by atoms with E-state index in [1.165, 1.54) is 11.3 Å². The summed E-state index contributed by atoms with van der Waals surface area (Å²) in [6, 6.07) is 3.35. The van der Waals surface area contributed by atoms with Crippen LogP contribution in [0.3, 0.4) is 0 Å². The molecule has 2 aromatic rings. The fraction of sp³-hybridized carbons (Fsp3) is 0.333. The van der Waals surface area contributed by atoms with E-state index in [-0.39, 0.29) is 17.3 Å². The first-order chi connectivity index (χ1) is 9.56. The van der Waals surface area contributed by atoms with Crippen molar-refractivity contribution in [3.8, 4) is 10.6 Å². The minimum atomic E-state index is -0.550. The van der Waals surface area contributed by atoms with E-state index < -0.39 is 10.7 Å². The Bertz CT molecular complexity index is 628. The second kappa shape index (κ2) is 6.02. The predicted octanol–water partition coefficient (Wildman–Crippen LogP) is 2.92. The van der Waals surface area contributed by atoms with E-state index in [9.17, 15) is 14.5 Å². The van der Waals surface area contributed by atoms with Crippen LogP contribution in [0.25, 0.3) is 10.6 Å². The van der Waals surface area contributed by atoms with E-state index in [0.29, 0.717) is 5.01 Å². The molecule has 106 valence electrons. The molecule has 20 heavy (non-hydrogen) atoms. The van der Waals surface area contributed by atoms with Crippen LogP contribution in [0.2, 0.25) is 0 Å². The maximum absolute atomic E-state index is 13.3. The second-order valence-corrected chi connectivity index (χ2v) is 5.12. The van der Waals surface area contributed by atoms with Gasteiger partial charge in [-0.05, 0) is 25.6 Å². The van der Waals surface area contributed by atoms with Gasteiger partial charge in [0.25, 0.3) is 5.69 Å². The lowest BCUT2D eigenvalue weighted by Gasteiger charge is -2.08. The standard InChI is InChI=1S/C12H13FN4O2S/c1-3-9(14-2)12-16-15-11(20-12)8-6-7(13)4-5-10(8)17(18)19/h4-6,9,14H,3H2,1-2H3. The minimum absolute atomic E-state index is 0.0360. The van der Waals surface area contributed by atoms with Crippen LogP contribution in [0.1, 0.15) is 24.4 Å². The fourth-order valence-electron chi connectivity index (χ4n) is 1.83. The first-order valence-corrected chi connectivity index (χ1v) is 6.83. The molecule has 0 spiro atoms. The summed E-state index contributed by atoms with van der Waals surface area (Å²) in [5.41, 5.74) is -0.0173. The van der Waals surface area contributed by atoms with Gasteiger partial charge in [0, 0.05) is 6.07 Å². The van der Waals surface area contributed by atoms with Crippen LogP contribution in [-0.2, 0) is 0 Å². The number of hydrogen-bond acceptors (Lipinski definition) is 6. The third-order valence-corrected chi connectivity index (χ3v) is 3.95. The third kappa shape index (κ3) is 2.81. The maximum atomic E-state index is 13.3. The Morgan fingerprint density at radius 3 is 2.85 bits per heavy atom. The molecule has 0 bridgehead atoms. The molecule has 0 fully saturated rings. The van der Waals surface area contributed by atoms with Gasteiger partial charge in [-0.25, -0.2) is 4.39 Å². The van der Waals surface area contributed by atoms with E-state index in [2.05, 4.69) is 15.5 Å². The number of nitrogens with zero attached hydrogens (tertiary/aromatic N) is 3.